The molecule has 2 aliphatic heterocycles. The molecular formula is C19H20BF2N3O3. The zero-order chi connectivity index (χ0) is 20.3. The molecule has 9 heteroatoms. The lowest BCUT2D eigenvalue weighted by Gasteiger charge is -2.32. The van der Waals surface area contributed by atoms with Crippen LogP contribution >= 0.6 is 0 Å². The Hall–Kier alpha value is -2.39. The number of halogens is 2. The summed E-state index contributed by atoms with van der Waals surface area (Å²) in [4.78, 5) is 21.8. The van der Waals surface area contributed by atoms with Gasteiger partial charge in [-0.15, -0.1) is 0 Å². The molecule has 146 valence electrons. The lowest BCUT2D eigenvalue weighted by atomic mass is 9.78. The van der Waals surface area contributed by atoms with Gasteiger partial charge in [0, 0.05) is 18.0 Å². The Morgan fingerprint density at radius 3 is 2.21 bits per heavy atom. The number of carbonyl (C=O) groups excluding carboxylic acids is 1. The predicted molar refractivity (Wildman–Crippen MR) is 97.7 cm³/mol. The average Bonchev–Trinajstić information content (AvgIpc) is 3.04. The number of carbonyl (C=O) groups is 1. The molecule has 0 N–H and O–H groups in total. The van der Waals surface area contributed by atoms with Crippen LogP contribution in [0.3, 0.4) is 0 Å². The summed E-state index contributed by atoms with van der Waals surface area (Å²) < 4.78 is 41.2. The summed E-state index contributed by atoms with van der Waals surface area (Å²) in [5, 5.41) is 0. The van der Waals surface area contributed by atoms with Crippen molar-refractivity contribution in [2.75, 3.05) is 0 Å². The zero-order valence-electron chi connectivity index (χ0n) is 16.1. The fourth-order valence-corrected chi connectivity index (χ4v) is 3.27. The molecule has 0 radical (unpaired) electrons. The summed E-state index contributed by atoms with van der Waals surface area (Å²) >= 11 is 0. The summed E-state index contributed by atoms with van der Waals surface area (Å²) in [7, 11) is -0.867. The topological polar surface area (TPSA) is 64.5 Å². The molecule has 1 saturated heterocycles. The summed E-state index contributed by atoms with van der Waals surface area (Å²) in [5.41, 5.74) is -0.439. The van der Waals surface area contributed by atoms with E-state index in [0.717, 1.165) is 0 Å². The van der Waals surface area contributed by atoms with E-state index in [1.165, 1.54) is 29.4 Å². The second kappa shape index (κ2) is 6.32. The second-order valence-corrected chi connectivity index (χ2v) is 8.06. The molecule has 3 heterocycles. The van der Waals surface area contributed by atoms with Crippen molar-refractivity contribution >= 4 is 18.5 Å². The van der Waals surface area contributed by atoms with Crippen LogP contribution in [0.15, 0.2) is 24.5 Å². The Kier molecular flexibility index (Phi) is 4.28. The molecule has 2 aliphatic rings. The van der Waals surface area contributed by atoms with E-state index in [1.807, 2.05) is 27.7 Å². The van der Waals surface area contributed by atoms with Gasteiger partial charge in [0.1, 0.15) is 11.6 Å². The third-order valence-corrected chi connectivity index (χ3v) is 5.64. The second-order valence-electron chi connectivity index (χ2n) is 8.06. The zero-order valence-corrected chi connectivity index (χ0v) is 16.1. The quantitative estimate of drug-likeness (QED) is 0.756. The standard InChI is InChI=1S/C19H20BF2N3O3/c1-18(2)19(3,4)28-20(27-18)11-7-13(21)12(14(22)8-11)9-25-10-15-16(17(25)26)24-6-5-23-15/h5-8H,9-10H2,1-4H3. The highest BCUT2D eigenvalue weighted by Crippen LogP contribution is 2.36. The van der Waals surface area contributed by atoms with Crippen LogP contribution in [0.25, 0.3) is 0 Å². The van der Waals surface area contributed by atoms with Crippen LogP contribution in [0.4, 0.5) is 8.78 Å². The SMILES string of the molecule is CC1(C)OB(c2cc(F)c(CN3Cc4nccnc4C3=O)c(F)c2)OC1(C)C. The summed E-state index contributed by atoms with van der Waals surface area (Å²) in [6.45, 7) is 7.43. The highest BCUT2D eigenvalue weighted by molar-refractivity contribution is 6.62. The van der Waals surface area contributed by atoms with Crippen molar-refractivity contribution in [3.63, 3.8) is 0 Å². The summed E-state index contributed by atoms with van der Waals surface area (Å²) in [5.74, 6) is -1.90. The number of benzene rings is 1. The number of hydrogen-bond donors (Lipinski definition) is 0. The van der Waals surface area contributed by atoms with Gasteiger partial charge < -0.3 is 14.2 Å². The van der Waals surface area contributed by atoms with Gasteiger partial charge in [-0.25, -0.2) is 13.8 Å². The van der Waals surface area contributed by atoms with Crippen molar-refractivity contribution in [1.29, 1.82) is 0 Å². The van der Waals surface area contributed by atoms with Gasteiger partial charge >= 0.3 is 7.12 Å². The van der Waals surface area contributed by atoms with Crippen LogP contribution in [0, 0.1) is 11.6 Å². The summed E-state index contributed by atoms with van der Waals surface area (Å²) in [6, 6.07) is 2.40. The van der Waals surface area contributed by atoms with Gasteiger partial charge in [0.05, 0.1) is 30.0 Å². The molecule has 0 atom stereocenters. The van der Waals surface area contributed by atoms with Crippen LogP contribution < -0.4 is 5.46 Å². The lowest BCUT2D eigenvalue weighted by Crippen LogP contribution is -2.41. The smallest absolute Gasteiger partial charge is 0.399 e. The minimum atomic E-state index is -0.867. The minimum Gasteiger partial charge on any atom is -0.399 e. The molecule has 0 unspecified atom stereocenters. The number of hydrogen-bond acceptors (Lipinski definition) is 5. The van der Waals surface area contributed by atoms with Gasteiger partial charge in [-0.3, -0.25) is 9.78 Å². The largest absolute Gasteiger partial charge is 0.495 e. The van der Waals surface area contributed by atoms with Crippen molar-refractivity contribution < 1.29 is 22.9 Å². The van der Waals surface area contributed by atoms with Crippen molar-refractivity contribution in [2.24, 2.45) is 0 Å². The number of amides is 1. The monoisotopic (exact) mass is 387 g/mol. The molecule has 1 aromatic carbocycles. The molecule has 28 heavy (non-hydrogen) atoms. The van der Waals surface area contributed by atoms with E-state index >= 15 is 0 Å². The maximum Gasteiger partial charge on any atom is 0.495 e. The maximum atomic E-state index is 14.7. The number of nitrogens with zero attached hydrogens (tertiary/aromatic N) is 3. The van der Waals surface area contributed by atoms with E-state index in [9.17, 15) is 13.6 Å². The Morgan fingerprint density at radius 1 is 1.07 bits per heavy atom. The first-order valence-electron chi connectivity index (χ1n) is 9.02. The maximum absolute atomic E-state index is 14.7. The van der Waals surface area contributed by atoms with Gasteiger partial charge in [-0.1, -0.05) is 0 Å². The first-order valence-corrected chi connectivity index (χ1v) is 9.02. The molecule has 0 aliphatic carbocycles. The third-order valence-electron chi connectivity index (χ3n) is 5.64. The van der Waals surface area contributed by atoms with E-state index in [1.54, 1.807) is 0 Å². The van der Waals surface area contributed by atoms with Crippen LogP contribution in [-0.2, 0) is 22.4 Å². The highest BCUT2D eigenvalue weighted by atomic mass is 19.1. The van der Waals surface area contributed by atoms with Crippen molar-refractivity contribution in [1.82, 2.24) is 14.9 Å². The van der Waals surface area contributed by atoms with Crippen LogP contribution in [0.1, 0.15) is 49.4 Å². The van der Waals surface area contributed by atoms with E-state index in [0.29, 0.717) is 5.69 Å². The van der Waals surface area contributed by atoms with Crippen LogP contribution in [-0.4, -0.2) is 39.1 Å². The normalized spacial score (nSPS) is 20.0. The van der Waals surface area contributed by atoms with E-state index in [4.69, 9.17) is 9.31 Å². The van der Waals surface area contributed by atoms with Gasteiger partial charge in [0.2, 0.25) is 0 Å². The molecule has 1 fully saturated rings. The van der Waals surface area contributed by atoms with Gasteiger partial charge in [0.25, 0.3) is 5.91 Å². The van der Waals surface area contributed by atoms with E-state index in [2.05, 4.69) is 9.97 Å². The molecule has 0 spiro atoms. The predicted octanol–water partition coefficient (Wildman–Crippen LogP) is 2.21. The van der Waals surface area contributed by atoms with Crippen molar-refractivity contribution in [2.45, 2.75) is 52.0 Å². The average molecular weight is 387 g/mol. The Balaban J connectivity index is 1.57. The first-order chi connectivity index (χ1) is 13.1. The van der Waals surface area contributed by atoms with E-state index < -0.39 is 35.9 Å². The molecule has 0 bridgehead atoms. The summed E-state index contributed by atoms with van der Waals surface area (Å²) in [6.07, 6.45) is 2.90. The third kappa shape index (κ3) is 2.98. The fourth-order valence-electron chi connectivity index (χ4n) is 3.27. The lowest BCUT2D eigenvalue weighted by molar-refractivity contribution is 0.00578. The Labute approximate surface area is 162 Å². The van der Waals surface area contributed by atoms with Gasteiger partial charge in [0.15, 0.2) is 5.69 Å². The molecular weight excluding hydrogens is 367 g/mol. The molecule has 4 rings (SSSR count). The fraction of sp³-hybridized carbons (Fsp3) is 0.421. The highest BCUT2D eigenvalue weighted by Gasteiger charge is 2.52. The van der Waals surface area contributed by atoms with Crippen molar-refractivity contribution in [3.05, 3.63) is 53.1 Å². The molecule has 1 aromatic heterocycles. The Bertz CT molecular complexity index is 928. The molecule has 0 saturated carbocycles. The van der Waals surface area contributed by atoms with Crippen molar-refractivity contribution in [3.8, 4) is 0 Å². The number of aromatic nitrogens is 2. The Morgan fingerprint density at radius 2 is 1.64 bits per heavy atom. The van der Waals surface area contributed by atoms with Gasteiger partial charge in [-0.05, 0) is 45.3 Å². The minimum absolute atomic E-state index is 0.167. The number of rotatable bonds is 3. The van der Waals surface area contributed by atoms with Gasteiger partial charge in [-0.2, -0.15) is 0 Å². The molecule has 2 aromatic rings. The number of fused-ring (bicyclic) bond motifs is 1. The molecule has 1 amide bonds. The molecule has 6 nitrogen and oxygen atoms in total. The first kappa shape index (κ1) is 19.0. The van der Waals surface area contributed by atoms with E-state index in [-0.39, 0.29) is 29.8 Å². The van der Waals surface area contributed by atoms with Crippen LogP contribution in [0.5, 0.6) is 0 Å². The van der Waals surface area contributed by atoms with Crippen LogP contribution in [0.2, 0.25) is 0 Å².